The summed E-state index contributed by atoms with van der Waals surface area (Å²) in [5.74, 6) is 2.16. The molecule has 0 saturated carbocycles. The van der Waals surface area contributed by atoms with Gasteiger partial charge in [0.05, 0.1) is 19.1 Å². The van der Waals surface area contributed by atoms with Crippen molar-refractivity contribution in [2.45, 2.75) is 31.2 Å². The summed E-state index contributed by atoms with van der Waals surface area (Å²) >= 11 is 0. The molecule has 0 fully saturated rings. The van der Waals surface area contributed by atoms with Gasteiger partial charge in [-0.15, -0.1) is 0 Å². The number of ether oxygens (including phenoxy) is 2. The largest absolute Gasteiger partial charge is 0.493 e. The lowest BCUT2D eigenvalue weighted by Gasteiger charge is -2.23. The standard InChI is InChI=1S/C17H23N3O4S/c1-12-8-14(23-2)15(24-3)10-16(12)25(21,22)19-11-13-4-6-20-7-5-18-17(20)9-13/h5,7-8,10,13,19H,4,6,9,11H2,1-3H3/t13-/m1/s1. The van der Waals surface area contributed by atoms with Gasteiger partial charge in [-0.1, -0.05) is 0 Å². The Labute approximate surface area is 148 Å². The van der Waals surface area contributed by atoms with Crippen molar-refractivity contribution < 1.29 is 17.9 Å². The molecule has 0 unspecified atom stereocenters. The van der Waals surface area contributed by atoms with E-state index < -0.39 is 10.0 Å². The second-order valence-electron chi connectivity index (χ2n) is 6.22. The van der Waals surface area contributed by atoms with Gasteiger partial charge in [-0.05, 0) is 30.9 Å². The van der Waals surface area contributed by atoms with Crippen LogP contribution in [0.1, 0.15) is 17.8 Å². The van der Waals surface area contributed by atoms with Crippen LogP contribution >= 0.6 is 0 Å². The van der Waals surface area contributed by atoms with Gasteiger partial charge in [-0.3, -0.25) is 0 Å². The highest BCUT2D eigenvalue weighted by Crippen LogP contribution is 2.32. The molecule has 1 aliphatic heterocycles. The Kier molecular flexibility index (Phi) is 5.01. The lowest BCUT2D eigenvalue weighted by atomic mass is 9.98. The predicted molar refractivity (Wildman–Crippen MR) is 93.5 cm³/mol. The van der Waals surface area contributed by atoms with Crippen molar-refractivity contribution in [1.82, 2.24) is 14.3 Å². The predicted octanol–water partition coefficient (Wildman–Crippen LogP) is 1.75. The lowest BCUT2D eigenvalue weighted by molar-refractivity contribution is 0.353. The summed E-state index contributed by atoms with van der Waals surface area (Å²) < 4.78 is 40.8. The molecular weight excluding hydrogens is 342 g/mol. The first-order valence-electron chi connectivity index (χ1n) is 8.17. The molecule has 2 heterocycles. The number of aryl methyl sites for hydroxylation is 2. The summed E-state index contributed by atoms with van der Waals surface area (Å²) in [5, 5.41) is 0. The first-order valence-corrected chi connectivity index (χ1v) is 9.65. The third-order valence-electron chi connectivity index (χ3n) is 4.58. The number of nitrogens with one attached hydrogen (secondary N) is 1. The maximum atomic E-state index is 12.7. The molecule has 0 bridgehead atoms. The van der Waals surface area contributed by atoms with E-state index in [0.717, 1.165) is 25.2 Å². The lowest BCUT2D eigenvalue weighted by Crippen LogP contribution is -2.33. The quantitative estimate of drug-likeness (QED) is 0.843. The molecule has 0 radical (unpaired) electrons. The van der Waals surface area contributed by atoms with Crippen LogP contribution in [0, 0.1) is 12.8 Å². The number of hydrogen-bond acceptors (Lipinski definition) is 5. The molecule has 0 saturated heterocycles. The van der Waals surface area contributed by atoms with Gasteiger partial charge in [0.1, 0.15) is 5.82 Å². The molecule has 0 aliphatic carbocycles. The Morgan fingerprint density at radius 2 is 2.00 bits per heavy atom. The number of aromatic nitrogens is 2. The molecule has 136 valence electrons. The van der Waals surface area contributed by atoms with E-state index in [2.05, 4.69) is 14.3 Å². The fourth-order valence-corrected chi connectivity index (χ4v) is 4.50. The van der Waals surface area contributed by atoms with Gasteiger partial charge in [-0.25, -0.2) is 18.1 Å². The Balaban J connectivity index is 1.74. The summed E-state index contributed by atoms with van der Waals surface area (Å²) in [7, 11) is -0.613. The monoisotopic (exact) mass is 365 g/mol. The van der Waals surface area contributed by atoms with Crippen molar-refractivity contribution in [2.75, 3.05) is 20.8 Å². The van der Waals surface area contributed by atoms with Gasteiger partial charge in [0.15, 0.2) is 11.5 Å². The molecule has 1 aromatic carbocycles. The van der Waals surface area contributed by atoms with Gasteiger partial charge in [0.25, 0.3) is 0 Å². The zero-order chi connectivity index (χ0) is 18.0. The van der Waals surface area contributed by atoms with Crippen LogP contribution < -0.4 is 14.2 Å². The average Bonchev–Trinajstić information content (AvgIpc) is 3.07. The molecule has 1 aromatic heterocycles. The summed E-state index contributed by atoms with van der Waals surface area (Å²) in [4.78, 5) is 4.53. The van der Waals surface area contributed by atoms with E-state index in [-0.39, 0.29) is 10.8 Å². The molecule has 1 atom stereocenters. The Bertz CT molecular complexity index is 861. The van der Waals surface area contributed by atoms with Crippen molar-refractivity contribution in [3.05, 3.63) is 35.9 Å². The number of rotatable bonds is 6. The van der Waals surface area contributed by atoms with Crippen LogP contribution in [0.4, 0.5) is 0 Å². The highest BCUT2D eigenvalue weighted by molar-refractivity contribution is 7.89. The Morgan fingerprint density at radius 1 is 1.28 bits per heavy atom. The molecule has 0 spiro atoms. The fraction of sp³-hybridized carbons (Fsp3) is 0.471. The van der Waals surface area contributed by atoms with Crippen LogP contribution in [0.3, 0.4) is 0 Å². The summed E-state index contributed by atoms with van der Waals surface area (Å²) in [6.45, 7) is 3.01. The Morgan fingerprint density at radius 3 is 2.72 bits per heavy atom. The van der Waals surface area contributed by atoms with Gasteiger partial charge in [0.2, 0.25) is 10.0 Å². The van der Waals surface area contributed by atoms with Gasteiger partial charge < -0.3 is 14.0 Å². The molecule has 0 amide bonds. The smallest absolute Gasteiger partial charge is 0.240 e. The molecule has 1 aliphatic rings. The van der Waals surface area contributed by atoms with E-state index in [1.165, 1.54) is 20.3 Å². The first kappa shape index (κ1) is 17.8. The number of nitrogens with zero attached hydrogens (tertiary/aromatic N) is 2. The number of methoxy groups -OCH3 is 2. The van der Waals surface area contributed by atoms with E-state index in [4.69, 9.17) is 9.47 Å². The molecule has 1 N–H and O–H groups in total. The number of sulfonamides is 1. The molecule has 3 rings (SSSR count). The van der Waals surface area contributed by atoms with Gasteiger partial charge in [-0.2, -0.15) is 0 Å². The molecule has 25 heavy (non-hydrogen) atoms. The van der Waals surface area contributed by atoms with E-state index in [1.54, 1.807) is 19.2 Å². The highest BCUT2D eigenvalue weighted by Gasteiger charge is 2.24. The zero-order valence-electron chi connectivity index (χ0n) is 14.7. The van der Waals surface area contributed by atoms with Gasteiger partial charge in [0, 0.05) is 38.0 Å². The minimum Gasteiger partial charge on any atom is -0.493 e. The second-order valence-corrected chi connectivity index (χ2v) is 7.96. The summed E-state index contributed by atoms with van der Waals surface area (Å²) in [6, 6.07) is 3.18. The number of imidazole rings is 1. The fourth-order valence-electron chi connectivity index (χ4n) is 3.15. The van der Waals surface area contributed by atoms with E-state index >= 15 is 0 Å². The summed E-state index contributed by atoms with van der Waals surface area (Å²) in [5.41, 5.74) is 0.615. The van der Waals surface area contributed by atoms with Crippen LogP contribution in [0.15, 0.2) is 29.4 Å². The number of hydrogen-bond donors (Lipinski definition) is 1. The van der Waals surface area contributed by atoms with Gasteiger partial charge >= 0.3 is 0 Å². The van der Waals surface area contributed by atoms with Crippen molar-refractivity contribution >= 4 is 10.0 Å². The zero-order valence-corrected chi connectivity index (χ0v) is 15.5. The minimum absolute atomic E-state index is 0.211. The highest BCUT2D eigenvalue weighted by atomic mass is 32.2. The second kappa shape index (κ2) is 7.05. The van der Waals surface area contributed by atoms with Crippen molar-refractivity contribution in [3.8, 4) is 11.5 Å². The minimum atomic E-state index is -3.62. The number of fused-ring (bicyclic) bond motifs is 1. The molecule has 7 nitrogen and oxygen atoms in total. The van der Waals surface area contributed by atoms with E-state index in [0.29, 0.717) is 23.6 Å². The molecule has 2 aromatic rings. The molecule has 8 heteroatoms. The maximum Gasteiger partial charge on any atom is 0.240 e. The van der Waals surface area contributed by atoms with Crippen molar-refractivity contribution in [3.63, 3.8) is 0 Å². The van der Waals surface area contributed by atoms with Crippen LogP contribution in [-0.2, 0) is 23.0 Å². The van der Waals surface area contributed by atoms with Crippen LogP contribution in [0.25, 0.3) is 0 Å². The van der Waals surface area contributed by atoms with E-state index in [1.807, 2.05) is 6.20 Å². The number of benzene rings is 1. The van der Waals surface area contributed by atoms with Crippen LogP contribution in [-0.4, -0.2) is 38.7 Å². The summed E-state index contributed by atoms with van der Waals surface area (Å²) in [6.07, 6.45) is 5.45. The van der Waals surface area contributed by atoms with Crippen LogP contribution in [0.5, 0.6) is 11.5 Å². The third kappa shape index (κ3) is 3.64. The molecular formula is C17H23N3O4S. The average molecular weight is 365 g/mol. The first-order chi connectivity index (χ1) is 11.9. The van der Waals surface area contributed by atoms with E-state index in [9.17, 15) is 8.42 Å². The van der Waals surface area contributed by atoms with Crippen LogP contribution in [0.2, 0.25) is 0 Å². The van der Waals surface area contributed by atoms with Crippen molar-refractivity contribution in [1.29, 1.82) is 0 Å². The van der Waals surface area contributed by atoms with Crippen molar-refractivity contribution in [2.24, 2.45) is 5.92 Å². The normalized spacial score (nSPS) is 17.2. The third-order valence-corrected chi connectivity index (χ3v) is 6.15. The Hall–Kier alpha value is -2.06. The SMILES string of the molecule is COc1cc(C)c(S(=O)(=O)NC[C@@H]2CCn3ccnc3C2)cc1OC. The topological polar surface area (TPSA) is 82.5 Å². The maximum absolute atomic E-state index is 12.7.